The molecule has 6 heteroatoms. The number of benzene rings is 1. The molecular weight excluding hydrogens is 318 g/mol. The lowest BCUT2D eigenvalue weighted by molar-refractivity contribution is -0.134. The summed E-state index contributed by atoms with van der Waals surface area (Å²) in [5, 5.41) is 2.84. The van der Waals surface area contributed by atoms with Gasteiger partial charge in [-0.15, -0.1) is 0 Å². The summed E-state index contributed by atoms with van der Waals surface area (Å²) in [6.45, 7) is 4.55. The molecule has 2 aromatic rings. The number of nitrogens with zero attached hydrogens (tertiary/aromatic N) is 2. The maximum atomic E-state index is 12.2. The Bertz CT molecular complexity index is 745. The first-order valence-electron chi connectivity index (χ1n) is 8.65. The predicted octanol–water partition coefficient (Wildman–Crippen LogP) is 3.30. The van der Waals surface area contributed by atoms with Crippen molar-refractivity contribution in [1.82, 2.24) is 9.88 Å². The van der Waals surface area contributed by atoms with E-state index in [1.54, 1.807) is 4.90 Å². The van der Waals surface area contributed by atoms with E-state index in [4.69, 9.17) is 4.42 Å². The third-order valence-corrected chi connectivity index (χ3v) is 4.45. The average molecular weight is 341 g/mol. The monoisotopic (exact) mass is 341 g/mol. The van der Waals surface area contributed by atoms with Crippen LogP contribution in [0.5, 0.6) is 0 Å². The van der Waals surface area contributed by atoms with E-state index in [0.29, 0.717) is 24.5 Å². The summed E-state index contributed by atoms with van der Waals surface area (Å²) in [6, 6.07) is 7.34. The first-order chi connectivity index (χ1) is 12.0. The second-order valence-corrected chi connectivity index (χ2v) is 6.41. The van der Waals surface area contributed by atoms with E-state index < -0.39 is 0 Å². The molecule has 1 aromatic heterocycles. The van der Waals surface area contributed by atoms with Gasteiger partial charge in [0, 0.05) is 24.2 Å². The molecule has 0 unspecified atom stereocenters. The molecule has 2 amide bonds. The number of aromatic nitrogens is 1. The number of rotatable bonds is 4. The maximum absolute atomic E-state index is 12.2. The Morgan fingerprint density at radius 2 is 1.96 bits per heavy atom. The van der Waals surface area contributed by atoms with E-state index in [-0.39, 0.29) is 18.4 Å². The largest absolute Gasteiger partial charge is 0.441 e. The van der Waals surface area contributed by atoms with E-state index in [1.807, 2.05) is 38.1 Å². The molecule has 6 nitrogen and oxygen atoms in total. The van der Waals surface area contributed by atoms with Crippen molar-refractivity contribution in [2.45, 2.75) is 39.5 Å². The van der Waals surface area contributed by atoms with Crippen molar-refractivity contribution in [3.63, 3.8) is 0 Å². The second kappa shape index (κ2) is 7.51. The Kier molecular flexibility index (Phi) is 5.16. The quantitative estimate of drug-likeness (QED) is 0.926. The lowest BCUT2D eigenvalue weighted by atomic mass is 10.2. The second-order valence-electron chi connectivity index (χ2n) is 6.41. The number of likely N-dealkylation sites (tertiary alicyclic amines) is 1. The third kappa shape index (κ3) is 4.26. The van der Waals surface area contributed by atoms with Crippen LogP contribution in [0.1, 0.15) is 37.1 Å². The molecule has 3 rings (SSSR count). The van der Waals surface area contributed by atoms with Crippen LogP contribution >= 0.6 is 0 Å². The van der Waals surface area contributed by atoms with Gasteiger partial charge in [0.1, 0.15) is 5.76 Å². The van der Waals surface area contributed by atoms with Crippen molar-refractivity contribution in [2.24, 2.45) is 0 Å². The SMILES string of the molecule is Cc1nc(-c2ccc(NC(=O)CN3CCCCCC3=O)cc2)oc1C. The summed E-state index contributed by atoms with van der Waals surface area (Å²) in [7, 11) is 0. The Labute approximate surface area is 147 Å². The van der Waals surface area contributed by atoms with Crippen LogP contribution in [0.4, 0.5) is 5.69 Å². The predicted molar refractivity (Wildman–Crippen MR) is 95.1 cm³/mol. The number of nitrogens with one attached hydrogen (secondary N) is 1. The van der Waals surface area contributed by atoms with Crippen molar-refractivity contribution >= 4 is 17.5 Å². The summed E-state index contributed by atoms with van der Waals surface area (Å²) in [4.78, 5) is 30.2. The molecule has 1 aliphatic rings. The molecule has 1 saturated heterocycles. The van der Waals surface area contributed by atoms with Crippen molar-refractivity contribution in [3.05, 3.63) is 35.7 Å². The number of carbonyl (C=O) groups is 2. The number of hydrogen-bond acceptors (Lipinski definition) is 4. The minimum absolute atomic E-state index is 0.0673. The van der Waals surface area contributed by atoms with Crippen molar-refractivity contribution in [2.75, 3.05) is 18.4 Å². The van der Waals surface area contributed by atoms with E-state index in [9.17, 15) is 9.59 Å². The number of aryl methyl sites for hydroxylation is 2. The van der Waals surface area contributed by atoms with Crippen LogP contribution in [0.15, 0.2) is 28.7 Å². The van der Waals surface area contributed by atoms with Crippen molar-refractivity contribution < 1.29 is 14.0 Å². The van der Waals surface area contributed by atoms with Gasteiger partial charge in [-0.2, -0.15) is 0 Å². The third-order valence-electron chi connectivity index (χ3n) is 4.45. The molecule has 2 heterocycles. The van der Waals surface area contributed by atoms with Gasteiger partial charge in [0.15, 0.2) is 0 Å². The van der Waals surface area contributed by atoms with Crippen LogP contribution in [0.25, 0.3) is 11.5 Å². The highest BCUT2D eigenvalue weighted by atomic mass is 16.4. The summed E-state index contributed by atoms with van der Waals surface area (Å²) < 4.78 is 5.60. The van der Waals surface area contributed by atoms with Gasteiger partial charge in [0.05, 0.1) is 12.2 Å². The standard InChI is InChI=1S/C19H23N3O3/c1-13-14(2)25-19(20-13)15-7-9-16(10-8-15)21-17(23)12-22-11-5-3-4-6-18(22)24/h7-10H,3-6,11-12H2,1-2H3,(H,21,23). The molecule has 1 aliphatic heterocycles. The lowest BCUT2D eigenvalue weighted by Gasteiger charge is -2.19. The Morgan fingerprint density at radius 1 is 1.20 bits per heavy atom. The molecule has 0 bridgehead atoms. The van der Waals surface area contributed by atoms with Crippen LogP contribution < -0.4 is 5.32 Å². The summed E-state index contributed by atoms with van der Waals surface area (Å²) in [5.41, 5.74) is 2.42. The zero-order valence-corrected chi connectivity index (χ0v) is 14.7. The number of anilines is 1. The molecule has 0 radical (unpaired) electrons. The van der Waals surface area contributed by atoms with Crippen molar-refractivity contribution in [3.8, 4) is 11.5 Å². The van der Waals surface area contributed by atoms with Crippen LogP contribution in [0.2, 0.25) is 0 Å². The molecule has 0 atom stereocenters. The maximum Gasteiger partial charge on any atom is 0.243 e. The minimum atomic E-state index is -0.175. The fraction of sp³-hybridized carbons (Fsp3) is 0.421. The minimum Gasteiger partial charge on any atom is -0.441 e. The lowest BCUT2D eigenvalue weighted by Crippen LogP contribution is -2.37. The molecule has 1 N–H and O–H groups in total. The number of carbonyl (C=O) groups excluding carboxylic acids is 2. The molecular formula is C19H23N3O3. The zero-order valence-electron chi connectivity index (χ0n) is 14.7. The molecule has 1 fully saturated rings. The fourth-order valence-corrected chi connectivity index (χ4v) is 2.87. The molecule has 0 aliphatic carbocycles. The van der Waals surface area contributed by atoms with Crippen LogP contribution in [0.3, 0.4) is 0 Å². The van der Waals surface area contributed by atoms with Gasteiger partial charge in [0.25, 0.3) is 0 Å². The fourth-order valence-electron chi connectivity index (χ4n) is 2.87. The van der Waals surface area contributed by atoms with E-state index in [2.05, 4.69) is 10.3 Å². The van der Waals surface area contributed by atoms with Crippen LogP contribution in [0, 0.1) is 13.8 Å². The molecule has 1 aromatic carbocycles. The Hall–Kier alpha value is -2.63. The Balaban J connectivity index is 1.60. The summed E-state index contributed by atoms with van der Waals surface area (Å²) in [5.74, 6) is 1.26. The number of oxazole rings is 1. The molecule has 25 heavy (non-hydrogen) atoms. The topological polar surface area (TPSA) is 75.4 Å². The first kappa shape index (κ1) is 17.2. The van der Waals surface area contributed by atoms with E-state index in [1.165, 1.54) is 0 Å². The van der Waals surface area contributed by atoms with Gasteiger partial charge in [-0.05, 0) is 51.0 Å². The molecule has 132 valence electrons. The average Bonchev–Trinajstić information content (AvgIpc) is 2.79. The Morgan fingerprint density at radius 3 is 2.64 bits per heavy atom. The van der Waals surface area contributed by atoms with Gasteiger partial charge >= 0.3 is 0 Å². The zero-order chi connectivity index (χ0) is 17.8. The van der Waals surface area contributed by atoms with Gasteiger partial charge in [-0.3, -0.25) is 9.59 Å². The van der Waals surface area contributed by atoms with Crippen molar-refractivity contribution in [1.29, 1.82) is 0 Å². The van der Waals surface area contributed by atoms with Crippen LogP contribution in [-0.4, -0.2) is 34.8 Å². The highest BCUT2D eigenvalue weighted by molar-refractivity contribution is 5.94. The summed E-state index contributed by atoms with van der Waals surface area (Å²) in [6.07, 6.45) is 3.46. The van der Waals surface area contributed by atoms with Gasteiger partial charge in [-0.1, -0.05) is 6.42 Å². The first-order valence-corrected chi connectivity index (χ1v) is 8.65. The highest BCUT2D eigenvalue weighted by Gasteiger charge is 2.19. The van der Waals surface area contributed by atoms with Gasteiger partial charge in [0.2, 0.25) is 17.7 Å². The van der Waals surface area contributed by atoms with Gasteiger partial charge in [-0.25, -0.2) is 4.98 Å². The van der Waals surface area contributed by atoms with E-state index >= 15 is 0 Å². The van der Waals surface area contributed by atoms with Gasteiger partial charge < -0.3 is 14.6 Å². The number of amides is 2. The smallest absolute Gasteiger partial charge is 0.243 e. The molecule has 0 saturated carbocycles. The van der Waals surface area contributed by atoms with E-state index in [0.717, 1.165) is 36.3 Å². The number of hydrogen-bond donors (Lipinski definition) is 1. The highest BCUT2D eigenvalue weighted by Crippen LogP contribution is 2.23. The normalized spacial score (nSPS) is 15.1. The summed E-state index contributed by atoms with van der Waals surface area (Å²) >= 11 is 0. The van der Waals surface area contributed by atoms with Crippen LogP contribution in [-0.2, 0) is 9.59 Å². The molecule has 0 spiro atoms.